The average molecular weight is 357 g/mol. The molecule has 0 saturated heterocycles. The summed E-state index contributed by atoms with van der Waals surface area (Å²) in [7, 11) is 3.39. The maximum atomic E-state index is 11.7. The molecule has 0 aliphatic heterocycles. The van der Waals surface area contributed by atoms with Crippen molar-refractivity contribution in [3.05, 3.63) is 46.5 Å². The van der Waals surface area contributed by atoms with Gasteiger partial charge in [0.15, 0.2) is 5.96 Å². The highest BCUT2D eigenvalue weighted by atomic mass is 35.5. The van der Waals surface area contributed by atoms with Gasteiger partial charge in [0.2, 0.25) is 5.91 Å². The molecule has 7 heteroatoms. The Labute approximate surface area is 147 Å². The van der Waals surface area contributed by atoms with Gasteiger partial charge in [0.1, 0.15) is 6.54 Å². The first-order chi connectivity index (χ1) is 10.8. The van der Waals surface area contributed by atoms with E-state index in [2.05, 4.69) is 22.2 Å². The topological polar surface area (TPSA) is 56.7 Å². The molecule has 23 heavy (non-hydrogen) atoms. The molecule has 0 aliphatic carbocycles. The van der Waals surface area contributed by atoms with Crippen LogP contribution in [0.3, 0.4) is 0 Å². The van der Waals surface area contributed by atoms with E-state index in [0.717, 1.165) is 5.56 Å². The van der Waals surface area contributed by atoms with Crippen LogP contribution >= 0.6 is 23.2 Å². The van der Waals surface area contributed by atoms with E-state index in [1.54, 1.807) is 32.3 Å². The van der Waals surface area contributed by atoms with E-state index in [4.69, 9.17) is 23.2 Å². The number of halogens is 2. The molecule has 126 valence electrons. The van der Waals surface area contributed by atoms with Crippen molar-refractivity contribution in [1.29, 1.82) is 0 Å². The number of nitrogens with one attached hydrogen (secondary N) is 2. The molecule has 0 heterocycles. The van der Waals surface area contributed by atoms with Crippen molar-refractivity contribution >= 4 is 35.1 Å². The predicted molar refractivity (Wildman–Crippen MR) is 97.2 cm³/mol. The molecule has 0 spiro atoms. The third-order valence-corrected chi connectivity index (χ3v) is 3.63. The lowest BCUT2D eigenvalue weighted by Crippen LogP contribution is -2.40. The Morgan fingerprint density at radius 2 is 2.13 bits per heavy atom. The number of amides is 1. The Kier molecular flexibility index (Phi) is 7.92. The van der Waals surface area contributed by atoms with Crippen LogP contribution in [0.5, 0.6) is 0 Å². The number of nitrogens with zero attached hydrogens (tertiary/aromatic N) is 2. The molecular formula is C16H22Cl2N4O. The summed E-state index contributed by atoms with van der Waals surface area (Å²) < 4.78 is 0. The van der Waals surface area contributed by atoms with Crippen molar-refractivity contribution in [2.75, 3.05) is 27.2 Å². The summed E-state index contributed by atoms with van der Waals surface area (Å²) in [5, 5.41) is 7.45. The largest absolute Gasteiger partial charge is 0.353 e. The minimum absolute atomic E-state index is 0.0561. The highest BCUT2D eigenvalue weighted by molar-refractivity contribution is 6.35. The number of rotatable bonds is 6. The van der Waals surface area contributed by atoms with Crippen molar-refractivity contribution in [2.45, 2.75) is 13.0 Å². The number of hydrogen-bond donors (Lipinski definition) is 2. The van der Waals surface area contributed by atoms with Gasteiger partial charge in [-0.1, -0.05) is 35.3 Å². The van der Waals surface area contributed by atoms with Gasteiger partial charge in [-0.05, 0) is 24.6 Å². The first-order valence-electron chi connectivity index (χ1n) is 7.16. The minimum atomic E-state index is -0.106. The van der Waals surface area contributed by atoms with Gasteiger partial charge in [-0.25, -0.2) is 4.99 Å². The maximum Gasteiger partial charge on any atom is 0.243 e. The third-order valence-electron chi connectivity index (χ3n) is 3.07. The van der Waals surface area contributed by atoms with Gasteiger partial charge in [0.25, 0.3) is 0 Å². The van der Waals surface area contributed by atoms with Gasteiger partial charge < -0.3 is 15.5 Å². The molecule has 1 atom stereocenters. The fraction of sp³-hybridized carbons (Fsp3) is 0.375. The number of carbonyl (C=O) groups excluding carboxylic acids is 1. The zero-order chi connectivity index (χ0) is 17.4. The summed E-state index contributed by atoms with van der Waals surface area (Å²) in [6, 6.07) is 5.23. The molecule has 0 radical (unpaired) electrons. The van der Waals surface area contributed by atoms with Gasteiger partial charge in [0.05, 0.1) is 6.04 Å². The van der Waals surface area contributed by atoms with Crippen LogP contribution in [0.2, 0.25) is 10.0 Å². The monoisotopic (exact) mass is 356 g/mol. The Bertz CT molecular complexity index is 587. The van der Waals surface area contributed by atoms with Crippen molar-refractivity contribution in [1.82, 2.24) is 15.5 Å². The van der Waals surface area contributed by atoms with E-state index in [0.29, 0.717) is 22.5 Å². The lowest BCUT2D eigenvalue weighted by Gasteiger charge is -2.19. The Hall–Kier alpha value is -1.72. The number of likely N-dealkylation sites (N-methyl/N-ethyl adjacent to an activating group) is 1. The van der Waals surface area contributed by atoms with Crippen LogP contribution in [0.25, 0.3) is 0 Å². The fourth-order valence-electron chi connectivity index (χ4n) is 1.75. The molecule has 0 fully saturated rings. The van der Waals surface area contributed by atoms with Crippen LogP contribution in [-0.2, 0) is 4.79 Å². The highest BCUT2D eigenvalue weighted by Crippen LogP contribution is 2.25. The van der Waals surface area contributed by atoms with Crippen molar-refractivity contribution in [3.63, 3.8) is 0 Å². The van der Waals surface area contributed by atoms with Crippen LogP contribution in [0, 0.1) is 0 Å². The van der Waals surface area contributed by atoms with E-state index in [9.17, 15) is 4.79 Å². The van der Waals surface area contributed by atoms with Gasteiger partial charge in [-0.2, -0.15) is 0 Å². The van der Waals surface area contributed by atoms with Crippen LogP contribution in [0.4, 0.5) is 0 Å². The van der Waals surface area contributed by atoms with Gasteiger partial charge >= 0.3 is 0 Å². The zero-order valence-electron chi connectivity index (χ0n) is 13.6. The van der Waals surface area contributed by atoms with E-state index < -0.39 is 0 Å². The first-order valence-corrected chi connectivity index (χ1v) is 7.91. The molecule has 1 aromatic carbocycles. The lowest BCUT2D eigenvalue weighted by atomic mass is 10.1. The molecule has 0 aromatic heterocycles. The zero-order valence-corrected chi connectivity index (χ0v) is 15.1. The van der Waals surface area contributed by atoms with Gasteiger partial charge in [-0.3, -0.25) is 4.79 Å². The number of carbonyl (C=O) groups is 1. The molecule has 0 saturated carbocycles. The Morgan fingerprint density at radius 3 is 2.70 bits per heavy atom. The summed E-state index contributed by atoms with van der Waals surface area (Å²) in [6.07, 6.45) is 1.71. The quantitative estimate of drug-likeness (QED) is 0.468. The van der Waals surface area contributed by atoms with Gasteiger partial charge in [-0.15, -0.1) is 6.58 Å². The average Bonchev–Trinajstić information content (AvgIpc) is 2.49. The van der Waals surface area contributed by atoms with E-state index >= 15 is 0 Å². The Balaban J connectivity index is 2.84. The standard InChI is InChI=1S/C16H22Cl2N4O/c1-5-8-19-16(20-10-15(23)22(3)4)21-11(2)13-7-6-12(17)9-14(13)18/h5-7,9,11H,1,8,10H2,2-4H3,(H2,19,20,21). The maximum absolute atomic E-state index is 11.7. The molecule has 1 unspecified atom stereocenters. The van der Waals surface area contributed by atoms with Crippen LogP contribution in [0.15, 0.2) is 35.8 Å². The number of benzene rings is 1. The molecule has 0 aliphatic rings. The van der Waals surface area contributed by atoms with E-state index in [1.165, 1.54) is 4.90 Å². The summed E-state index contributed by atoms with van der Waals surface area (Å²) in [4.78, 5) is 17.5. The van der Waals surface area contributed by atoms with Crippen molar-refractivity contribution < 1.29 is 4.79 Å². The molecule has 0 bridgehead atoms. The van der Waals surface area contributed by atoms with Crippen molar-refractivity contribution in [2.24, 2.45) is 4.99 Å². The number of guanidine groups is 1. The molecule has 5 nitrogen and oxygen atoms in total. The third kappa shape index (κ3) is 6.50. The SMILES string of the molecule is C=CCNC(=NCC(=O)N(C)C)NC(C)c1ccc(Cl)cc1Cl. The van der Waals surface area contributed by atoms with Crippen molar-refractivity contribution in [3.8, 4) is 0 Å². The second-order valence-corrected chi connectivity index (χ2v) is 6.00. The molecule has 2 N–H and O–H groups in total. The molecule has 1 rings (SSSR count). The fourth-order valence-corrected chi connectivity index (χ4v) is 2.32. The lowest BCUT2D eigenvalue weighted by molar-refractivity contribution is -0.127. The molecule has 1 amide bonds. The van der Waals surface area contributed by atoms with E-state index in [1.807, 2.05) is 13.0 Å². The summed E-state index contributed by atoms with van der Waals surface area (Å²) >= 11 is 12.1. The predicted octanol–water partition coefficient (Wildman–Crippen LogP) is 2.86. The van der Waals surface area contributed by atoms with Crippen LogP contribution in [0.1, 0.15) is 18.5 Å². The molecular weight excluding hydrogens is 335 g/mol. The number of hydrogen-bond acceptors (Lipinski definition) is 2. The summed E-state index contributed by atoms with van der Waals surface area (Å²) in [6.45, 7) is 6.20. The Morgan fingerprint density at radius 1 is 1.43 bits per heavy atom. The summed E-state index contributed by atoms with van der Waals surface area (Å²) in [5.41, 5.74) is 0.892. The van der Waals surface area contributed by atoms with E-state index in [-0.39, 0.29) is 18.5 Å². The second kappa shape index (κ2) is 9.43. The van der Waals surface area contributed by atoms with Crippen LogP contribution in [-0.4, -0.2) is 44.0 Å². The summed E-state index contributed by atoms with van der Waals surface area (Å²) in [5.74, 6) is 0.431. The minimum Gasteiger partial charge on any atom is -0.353 e. The highest BCUT2D eigenvalue weighted by Gasteiger charge is 2.12. The second-order valence-electron chi connectivity index (χ2n) is 5.15. The van der Waals surface area contributed by atoms with Crippen LogP contribution < -0.4 is 10.6 Å². The first kappa shape index (κ1) is 19.3. The van der Waals surface area contributed by atoms with Gasteiger partial charge in [0, 0.05) is 30.7 Å². The number of aliphatic imine (C=N–C) groups is 1. The smallest absolute Gasteiger partial charge is 0.243 e. The molecule has 1 aromatic rings. The normalized spacial score (nSPS) is 12.5.